The Labute approximate surface area is 297 Å². The number of nitrogens with zero attached hydrogens (tertiary/aromatic N) is 3. The van der Waals surface area contributed by atoms with Gasteiger partial charge in [-0.2, -0.15) is 13.2 Å². The maximum Gasteiger partial charge on any atom is 0.406 e. The number of fused-ring (bicyclic) bond motifs is 1. The molecule has 2 saturated heterocycles. The number of alkyl halides is 4. The molecular weight excluding hydrogens is 666 g/mol. The van der Waals surface area contributed by atoms with Gasteiger partial charge in [-0.1, -0.05) is 12.0 Å². The predicted octanol–water partition coefficient (Wildman–Crippen LogP) is 4.56. The Morgan fingerprint density at radius 2 is 1.88 bits per heavy atom. The lowest BCUT2D eigenvalue weighted by molar-refractivity contribution is -0.140. The summed E-state index contributed by atoms with van der Waals surface area (Å²) in [4.78, 5) is 17.3. The minimum absolute atomic E-state index is 0.105. The van der Waals surface area contributed by atoms with Crippen LogP contribution in [0.5, 0.6) is 5.75 Å². The monoisotopic (exact) mass is 715 g/mol. The third-order valence-electron chi connectivity index (χ3n) is 9.51. The lowest BCUT2D eigenvalue weighted by Crippen LogP contribution is -2.47. The number of benzene rings is 2. The molecule has 0 radical (unpaired) electrons. The van der Waals surface area contributed by atoms with Crippen molar-refractivity contribution in [1.82, 2.24) is 25.0 Å². The Bertz CT molecular complexity index is 1670. The molecule has 0 spiro atoms. The molecule has 4 N–H and O–H groups in total. The summed E-state index contributed by atoms with van der Waals surface area (Å²) >= 11 is 0. The van der Waals surface area contributed by atoms with Gasteiger partial charge in [0.25, 0.3) is 5.91 Å². The van der Waals surface area contributed by atoms with Crippen molar-refractivity contribution in [2.24, 2.45) is 0 Å². The van der Waals surface area contributed by atoms with E-state index in [9.17, 15) is 22.4 Å². The van der Waals surface area contributed by atoms with E-state index in [4.69, 9.17) is 9.47 Å². The molecule has 14 heteroatoms. The number of likely N-dealkylation sites (tertiary alicyclic amines) is 1. The summed E-state index contributed by atoms with van der Waals surface area (Å²) in [7, 11) is 5.05. The summed E-state index contributed by atoms with van der Waals surface area (Å²) in [6.07, 6.45) is -2.88. The third kappa shape index (κ3) is 10.5. The molecule has 10 nitrogen and oxygen atoms in total. The van der Waals surface area contributed by atoms with E-state index < -0.39 is 24.9 Å². The summed E-state index contributed by atoms with van der Waals surface area (Å²) in [5, 5.41) is 13.3. The van der Waals surface area contributed by atoms with Crippen LogP contribution >= 0.6 is 0 Å². The number of anilines is 2. The second-order valence-electron chi connectivity index (χ2n) is 13.1. The van der Waals surface area contributed by atoms with Gasteiger partial charge >= 0.3 is 6.18 Å². The molecule has 278 valence electrons. The minimum atomic E-state index is -4.47. The van der Waals surface area contributed by atoms with Crippen molar-refractivity contribution in [2.45, 2.75) is 50.2 Å². The quantitative estimate of drug-likeness (QED) is 0.143. The smallest absolute Gasteiger partial charge is 0.406 e. The maximum atomic E-state index is 14.8. The van der Waals surface area contributed by atoms with Crippen LogP contribution in [0.2, 0.25) is 0 Å². The normalized spacial score (nSPS) is 18.7. The van der Waals surface area contributed by atoms with Crippen LogP contribution in [0.4, 0.5) is 28.9 Å². The average molecular weight is 716 g/mol. The molecule has 2 atom stereocenters. The highest BCUT2D eigenvalue weighted by molar-refractivity contribution is 5.95. The Hall–Kier alpha value is -4.03. The largest absolute Gasteiger partial charge is 0.495 e. The van der Waals surface area contributed by atoms with Gasteiger partial charge in [0.05, 0.1) is 43.2 Å². The van der Waals surface area contributed by atoms with Crippen LogP contribution < -0.4 is 26.0 Å². The van der Waals surface area contributed by atoms with Gasteiger partial charge in [-0.3, -0.25) is 9.69 Å². The molecule has 1 amide bonds. The number of aromatic nitrogens is 1. The molecule has 2 aliphatic rings. The topological polar surface area (TPSA) is 95.1 Å². The Morgan fingerprint density at radius 1 is 1.08 bits per heavy atom. The van der Waals surface area contributed by atoms with Crippen molar-refractivity contribution in [3.05, 3.63) is 53.7 Å². The van der Waals surface area contributed by atoms with E-state index in [0.717, 1.165) is 43.6 Å². The molecule has 5 rings (SSSR count). The molecule has 0 unspecified atom stereocenters. The van der Waals surface area contributed by atoms with Gasteiger partial charge in [-0.25, -0.2) is 4.39 Å². The van der Waals surface area contributed by atoms with Crippen molar-refractivity contribution in [3.63, 3.8) is 0 Å². The van der Waals surface area contributed by atoms with E-state index in [2.05, 4.69) is 38.0 Å². The fraction of sp³-hybridized carbons (Fsp3) is 0.541. The lowest BCUT2D eigenvalue weighted by atomic mass is 10.0. The van der Waals surface area contributed by atoms with Crippen molar-refractivity contribution >= 4 is 28.2 Å². The molecule has 2 fully saturated rings. The van der Waals surface area contributed by atoms with Gasteiger partial charge < -0.3 is 40.2 Å². The number of amides is 1. The summed E-state index contributed by atoms with van der Waals surface area (Å²) < 4.78 is 67.9. The fourth-order valence-corrected chi connectivity index (χ4v) is 6.81. The van der Waals surface area contributed by atoms with Crippen molar-refractivity contribution in [2.75, 3.05) is 90.9 Å². The highest BCUT2D eigenvalue weighted by Crippen LogP contribution is 2.32. The zero-order valence-electron chi connectivity index (χ0n) is 29.5. The number of carbonyl (C=O) groups is 1. The van der Waals surface area contributed by atoms with Crippen LogP contribution in [0.15, 0.2) is 42.5 Å². The zero-order valence-corrected chi connectivity index (χ0v) is 29.5. The number of nitrogens with one attached hydrogen (secondary N) is 4. The van der Waals surface area contributed by atoms with Gasteiger partial charge in [-0.15, -0.1) is 0 Å². The lowest BCUT2D eigenvalue weighted by Gasteiger charge is -2.34. The summed E-state index contributed by atoms with van der Waals surface area (Å²) in [6, 6.07) is 11.7. The Kier molecular flexibility index (Phi) is 13.4. The molecule has 3 aromatic rings. The summed E-state index contributed by atoms with van der Waals surface area (Å²) in [6.45, 7) is 4.50. The third-order valence-corrected chi connectivity index (χ3v) is 9.51. The van der Waals surface area contributed by atoms with E-state index in [1.54, 1.807) is 49.6 Å². The van der Waals surface area contributed by atoms with Crippen molar-refractivity contribution in [1.29, 1.82) is 0 Å². The summed E-state index contributed by atoms with van der Waals surface area (Å²) in [5.74, 6) is 6.04. The fourth-order valence-electron chi connectivity index (χ4n) is 6.81. The number of rotatable bonds is 14. The molecule has 2 aromatic carbocycles. The SMILES string of the molecule is COCCN(CCNC(=O)c1ccc(NCC#Cc2cc3c(N[C@@H]4CCN(C)C[C@@H]4F)cccc3n2CC(F)(F)F)c(OC)c1)C1CCNCC1. The van der Waals surface area contributed by atoms with Gasteiger partial charge in [-0.05, 0) is 81.7 Å². The van der Waals surface area contributed by atoms with Gasteiger partial charge in [0.1, 0.15) is 18.5 Å². The first kappa shape index (κ1) is 38.2. The number of methoxy groups -OCH3 is 2. The molecule has 1 aromatic heterocycles. The first-order valence-electron chi connectivity index (χ1n) is 17.5. The molecular formula is C37H49F4N7O3. The van der Waals surface area contributed by atoms with Gasteiger partial charge in [0, 0.05) is 62.5 Å². The molecule has 2 aliphatic heterocycles. The molecule has 51 heavy (non-hydrogen) atoms. The number of hydrogen-bond acceptors (Lipinski definition) is 8. The molecule has 0 saturated carbocycles. The predicted molar refractivity (Wildman–Crippen MR) is 192 cm³/mol. The second-order valence-corrected chi connectivity index (χ2v) is 13.1. The zero-order chi connectivity index (χ0) is 36.4. The molecule has 3 heterocycles. The first-order chi connectivity index (χ1) is 24.6. The van der Waals surface area contributed by atoms with Crippen LogP contribution in [0.3, 0.4) is 0 Å². The van der Waals surface area contributed by atoms with Crippen LogP contribution in [0.1, 0.15) is 35.3 Å². The number of piperidine rings is 2. The van der Waals surface area contributed by atoms with E-state index in [1.165, 1.54) is 7.11 Å². The number of carbonyl (C=O) groups excluding carboxylic acids is 1. The molecule has 0 aliphatic carbocycles. The Morgan fingerprint density at radius 3 is 2.61 bits per heavy atom. The van der Waals surface area contributed by atoms with Crippen LogP contribution in [0, 0.1) is 11.8 Å². The van der Waals surface area contributed by atoms with Crippen LogP contribution in [-0.4, -0.2) is 125 Å². The number of ether oxygens (including phenoxy) is 2. The number of halogens is 4. The van der Waals surface area contributed by atoms with Gasteiger partial charge in [0.15, 0.2) is 0 Å². The number of hydrogen-bond donors (Lipinski definition) is 4. The average Bonchev–Trinajstić information content (AvgIpc) is 3.45. The highest BCUT2D eigenvalue weighted by atomic mass is 19.4. The van der Waals surface area contributed by atoms with E-state index >= 15 is 0 Å². The van der Waals surface area contributed by atoms with Gasteiger partial charge in [0.2, 0.25) is 0 Å². The van der Waals surface area contributed by atoms with Crippen LogP contribution in [0.25, 0.3) is 10.9 Å². The van der Waals surface area contributed by atoms with E-state index in [1.807, 2.05) is 11.9 Å². The standard InChI is InChI=1S/C37H49F4N7O3/c1-46-18-13-32(30(38)24-46)45-31-7-4-8-34-29(31)23-28(48(34)25-37(39,40)41)6-5-14-43-33-10-9-26(22-35(33)51-3)36(49)44-17-19-47(20-21-50-2)27-11-15-42-16-12-27/h4,7-10,22-23,27,30,32,42-43,45H,11-21,24-25H2,1-3H3,(H,44,49)/t30-,32+/m0/s1. The van der Waals surface area contributed by atoms with Crippen molar-refractivity contribution < 1.29 is 31.8 Å². The first-order valence-corrected chi connectivity index (χ1v) is 17.5. The summed E-state index contributed by atoms with van der Waals surface area (Å²) in [5.41, 5.74) is 2.15. The Balaban J connectivity index is 1.24. The minimum Gasteiger partial charge on any atom is -0.495 e. The van der Waals surface area contributed by atoms with E-state index in [0.29, 0.717) is 72.3 Å². The van der Waals surface area contributed by atoms with E-state index in [-0.39, 0.29) is 18.1 Å². The maximum absolute atomic E-state index is 14.8. The van der Waals surface area contributed by atoms with Crippen molar-refractivity contribution in [3.8, 4) is 17.6 Å². The molecule has 0 bridgehead atoms. The second kappa shape index (κ2) is 17.9. The van der Waals surface area contributed by atoms with Crippen LogP contribution in [-0.2, 0) is 11.3 Å². The highest BCUT2D eigenvalue weighted by Gasteiger charge is 2.31.